The highest BCUT2D eigenvalue weighted by Gasteiger charge is 2.32. The summed E-state index contributed by atoms with van der Waals surface area (Å²) in [4.78, 5) is 13.2. The maximum absolute atomic E-state index is 13.0. The lowest BCUT2D eigenvalue weighted by Gasteiger charge is -2.32. The molecule has 2 saturated heterocycles. The van der Waals surface area contributed by atoms with E-state index in [1.54, 1.807) is 6.07 Å². The first-order valence-corrected chi connectivity index (χ1v) is 12.3. The van der Waals surface area contributed by atoms with E-state index in [2.05, 4.69) is 10.2 Å². The molecule has 2 aliphatic heterocycles. The predicted molar refractivity (Wildman–Crippen MR) is 120 cm³/mol. The van der Waals surface area contributed by atoms with E-state index in [1.807, 2.05) is 33.7 Å². The number of nitro groups is 1. The molecule has 0 N–H and O–H groups in total. The van der Waals surface area contributed by atoms with Gasteiger partial charge in [0, 0.05) is 44.4 Å². The van der Waals surface area contributed by atoms with Crippen molar-refractivity contribution in [1.29, 1.82) is 0 Å². The molecule has 0 atom stereocenters. The molecule has 0 aliphatic carbocycles. The van der Waals surface area contributed by atoms with Crippen LogP contribution in [0.25, 0.3) is 5.65 Å². The number of piperidine rings is 1. The molecule has 4 heterocycles. The summed E-state index contributed by atoms with van der Waals surface area (Å²) < 4.78 is 34.4. The van der Waals surface area contributed by atoms with E-state index in [9.17, 15) is 18.5 Å². The van der Waals surface area contributed by atoms with Crippen molar-refractivity contribution >= 4 is 27.0 Å². The van der Waals surface area contributed by atoms with Gasteiger partial charge in [-0.25, -0.2) is 8.42 Å². The maximum atomic E-state index is 13.0. The first-order valence-electron chi connectivity index (χ1n) is 10.9. The summed E-state index contributed by atoms with van der Waals surface area (Å²) in [6.07, 6.45) is 3.47. The molecule has 2 fully saturated rings. The third-order valence-corrected chi connectivity index (χ3v) is 8.19. The molecule has 174 valence electrons. The van der Waals surface area contributed by atoms with E-state index < -0.39 is 14.9 Å². The molecular formula is C21H24N6O5S. The van der Waals surface area contributed by atoms with Gasteiger partial charge in [0.1, 0.15) is 11.5 Å². The topological polar surface area (TPSA) is 123 Å². The molecule has 5 rings (SSSR count). The Balaban J connectivity index is 1.37. The molecule has 3 aromatic rings. The van der Waals surface area contributed by atoms with Crippen molar-refractivity contribution in [3.05, 3.63) is 58.5 Å². The van der Waals surface area contributed by atoms with E-state index in [-0.39, 0.29) is 29.6 Å². The van der Waals surface area contributed by atoms with Crippen LogP contribution >= 0.6 is 0 Å². The second-order valence-corrected chi connectivity index (χ2v) is 10.1. The van der Waals surface area contributed by atoms with Crippen LogP contribution in [0.5, 0.6) is 0 Å². The van der Waals surface area contributed by atoms with Crippen molar-refractivity contribution in [2.45, 2.75) is 23.7 Å². The van der Waals surface area contributed by atoms with Crippen molar-refractivity contribution in [1.82, 2.24) is 18.9 Å². The fraction of sp³-hybridized carbons (Fsp3) is 0.429. The minimum absolute atomic E-state index is 0.0651. The lowest BCUT2D eigenvalue weighted by Crippen LogP contribution is -2.40. The zero-order chi connectivity index (χ0) is 23.0. The number of benzene rings is 1. The molecule has 2 aromatic heterocycles. The maximum Gasteiger partial charge on any atom is 0.293 e. The van der Waals surface area contributed by atoms with Crippen LogP contribution in [0, 0.1) is 10.1 Å². The molecule has 0 radical (unpaired) electrons. The summed E-state index contributed by atoms with van der Waals surface area (Å²) in [5.74, 6) is 1.09. The highest BCUT2D eigenvalue weighted by molar-refractivity contribution is 7.89. The van der Waals surface area contributed by atoms with Crippen molar-refractivity contribution in [2.24, 2.45) is 0 Å². The largest absolute Gasteiger partial charge is 0.379 e. The van der Waals surface area contributed by atoms with Crippen LogP contribution in [0.2, 0.25) is 0 Å². The van der Waals surface area contributed by atoms with Crippen molar-refractivity contribution in [2.75, 3.05) is 44.3 Å². The number of nitro benzene ring substituents is 1. The van der Waals surface area contributed by atoms with Gasteiger partial charge in [0.15, 0.2) is 5.65 Å². The molecule has 0 unspecified atom stereocenters. The van der Waals surface area contributed by atoms with Gasteiger partial charge in [0.25, 0.3) is 5.69 Å². The van der Waals surface area contributed by atoms with Crippen LogP contribution in [0.3, 0.4) is 0 Å². The predicted octanol–water partition coefficient (Wildman–Crippen LogP) is 2.04. The fourth-order valence-corrected chi connectivity index (χ4v) is 5.96. The third kappa shape index (κ3) is 4.05. The lowest BCUT2D eigenvalue weighted by molar-refractivity contribution is -0.384. The van der Waals surface area contributed by atoms with Crippen LogP contribution in [-0.4, -0.2) is 71.6 Å². The molecular weight excluding hydrogens is 448 g/mol. The van der Waals surface area contributed by atoms with Crippen molar-refractivity contribution < 1.29 is 18.1 Å². The Bertz CT molecular complexity index is 1280. The van der Waals surface area contributed by atoms with Crippen molar-refractivity contribution in [3.8, 4) is 0 Å². The molecule has 0 saturated carbocycles. The number of nitrogens with zero attached hydrogens (tertiary/aromatic N) is 6. The number of pyridine rings is 1. The number of sulfonamides is 1. The average Bonchev–Trinajstić information content (AvgIpc) is 3.28. The van der Waals surface area contributed by atoms with Gasteiger partial charge in [0.05, 0.1) is 23.0 Å². The number of fused-ring (bicyclic) bond motifs is 1. The summed E-state index contributed by atoms with van der Waals surface area (Å²) >= 11 is 0. The van der Waals surface area contributed by atoms with Crippen LogP contribution in [-0.2, 0) is 14.8 Å². The van der Waals surface area contributed by atoms with Crippen LogP contribution in [0.1, 0.15) is 24.6 Å². The number of anilines is 1. The Morgan fingerprint density at radius 3 is 2.52 bits per heavy atom. The first kappa shape index (κ1) is 21.7. The SMILES string of the molecule is O=[N+]([O-])c1cc(S(=O)(=O)N2CCOCC2)ccc1N1CCC(c2nnc3ccccn23)CC1. The number of rotatable bonds is 5. The number of ether oxygens (including phenoxy) is 1. The summed E-state index contributed by atoms with van der Waals surface area (Å²) in [5.41, 5.74) is 1.03. The van der Waals surface area contributed by atoms with Gasteiger partial charge in [-0.1, -0.05) is 6.07 Å². The lowest BCUT2D eigenvalue weighted by atomic mass is 9.95. The Morgan fingerprint density at radius 2 is 1.79 bits per heavy atom. The fourth-order valence-electron chi connectivity index (χ4n) is 4.53. The molecule has 33 heavy (non-hydrogen) atoms. The van der Waals surface area contributed by atoms with Crippen LogP contribution in [0.15, 0.2) is 47.5 Å². The van der Waals surface area contributed by atoms with Gasteiger partial charge in [-0.15, -0.1) is 10.2 Å². The molecule has 1 aromatic carbocycles. The van der Waals surface area contributed by atoms with Crippen LogP contribution in [0.4, 0.5) is 11.4 Å². The van der Waals surface area contributed by atoms with Gasteiger partial charge >= 0.3 is 0 Å². The highest BCUT2D eigenvalue weighted by atomic mass is 32.2. The second-order valence-electron chi connectivity index (χ2n) is 8.17. The molecule has 12 heteroatoms. The van der Waals surface area contributed by atoms with Gasteiger partial charge < -0.3 is 9.64 Å². The van der Waals surface area contributed by atoms with E-state index >= 15 is 0 Å². The normalized spacial score (nSPS) is 18.6. The van der Waals surface area contributed by atoms with Gasteiger partial charge in [-0.3, -0.25) is 14.5 Å². The van der Waals surface area contributed by atoms with Gasteiger partial charge in [-0.05, 0) is 37.1 Å². The quantitative estimate of drug-likeness (QED) is 0.408. The molecule has 0 bridgehead atoms. The molecule has 11 nitrogen and oxygen atoms in total. The summed E-state index contributed by atoms with van der Waals surface area (Å²) in [7, 11) is -3.81. The molecule has 0 amide bonds. The zero-order valence-corrected chi connectivity index (χ0v) is 18.7. The average molecular weight is 473 g/mol. The first-order chi connectivity index (χ1) is 15.9. The monoisotopic (exact) mass is 472 g/mol. The standard InChI is InChI=1S/C21H24N6O5S/c28-27(29)19-15-17(33(30,31)25-11-13-32-14-12-25)4-5-18(19)24-9-6-16(7-10-24)21-23-22-20-3-1-2-8-26(20)21/h1-5,8,15-16H,6-7,9-14H2. The van der Waals surface area contributed by atoms with E-state index in [4.69, 9.17) is 4.74 Å². The summed E-state index contributed by atoms with van der Waals surface area (Å²) in [6, 6.07) is 9.95. The Morgan fingerprint density at radius 1 is 1.03 bits per heavy atom. The minimum Gasteiger partial charge on any atom is -0.379 e. The smallest absolute Gasteiger partial charge is 0.293 e. The van der Waals surface area contributed by atoms with E-state index in [1.165, 1.54) is 16.4 Å². The van der Waals surface area contributed by atoms with E-state index in [0.29, 0.717) is 32.0 Å². The van der Waals surface area contributed by atoms with Crippen molar-refractivity contribution in [3.63, 3.8) is 0 Å². The Hall–Kier alpha value is -3.09. The number of aromatic nitrogens is 3. The number of hydrogen-bond acceptors (Lipinski definition) is 8. The highest BCUT2D eigenvalue weighted by Crippen LogP contribution is 2.36. The minimum atomic E-state index is -3.81. The molecule has 2 aliphatic rings. The van der Waals surface area contributed by atoms with Gasteiger partial charge in [0.2, 0.25) is 10.0 Å². The molecule has 0 spiro atoms. The summed E-state index contributed by atoms with van der Waals surface area (Å²) in [6.45, 7) is 2.31. The summed E-state index contributed by atoms with van der Waals surface area (Å²) in [5, 5.41) is 20.4. The van der Waals surface area contributed by atoms with Gasteiger partial charge in [-0.2, -0.15) is 4.31 Å². The number of hydrogen-bond donors (Lipinski definition) is 0. The van der Waals surface area contributed by atoms with Crippen LogP contribution < -0.4 is 4.90 Å². The second kappa shape index (κ2) is 8.69. The van der Waals surface area contributed by atoms with E-state index in [0.717, 1.165) is 24.3 Å². The number of morpholine rings is 1. The Kier molecular flexibility index (Phi) is 5.72. The third-order valence-electron chi connectivity index (χ3n) is 6.29. The Labute approximate surface area is 190 Å². The zero-order valence-electron chi connectivity index (χ0n) is 17.9.